The summed E-state index contributed by atoms with van der Waals surface area (Å²) < 4.78 is 11.1. The van der Waals surface area contributed by atoms with Crippen molar-refractivity contribution in [1.29, 1.82) is 0 Å². The molecule has 2 rings (SSSR count). The van der Waals surface area contributed by atoms with Gasteiger partial charge in [-0.15, -0.1) is 0 Å². The number of ketones is 2. The van der Waals surface area contributed by atoms with E-state index in [1.54, 1.807) is 13.8 Å². The van der Waals surface area contributed by atoms with Crippen LogP contribution in [-0.4, -0.2) is 96.1 Å². The number of Topliss-reactive ketones (excluding diaryl/α,β-unsaturated/α-hetero) is 2. The fourth-order valence-electron chi connectivity index (χ4n) is 7.76. The van der Waals surface area contributed by atoms with Crippen LogP contribution in [0.4, 0.5) is 9.59 Å². The molecule has 0 aromatic rings. The lowest BCUT2D eigenvalue weighted by molar-refractivity contribution is -0.156. The van der Waals surface area contributed by atoms with E-state index in [-0.39, 0.29) is 76.3 Å². The van der Waals surface area contributed by atoms with Crippen LogP contribution in [0.1, 0.15) is 121 Å². The Hall–Kier alpha value is -7.10. The number of amides is 4. The molecular formula is C56H76N4O12. The van der Waals surface area contributed by atoms with E-state index in [1.165, 1.54) is 0 Å². The number of nitrogens with one attached hydrogen (secondary N) is 4. The van der Waals surface area contributed by atoms with Gasteiger partial charge in [-0.05, 0) is 87.5 Å². The number of carbonyl (C=O) groups excluding carboxylic acids is 6. The van der Waals surface area contributed by atoms with Crippen LogP contribution in [0.3, 0.4) is 0 Å². The minimum Gasteiger partial charge on any atom is -0.481 e. The lowest BCUT2D eigenvalue weighted by Gasteiger charge is -2.36. The van der Waals surface area contributed by atoms with Crippen LogP contribution in [0, 0.1) is 10.8 Å². The number of ether oxygens (including phenoxy) is 2. The van der Waals surface area contributed by atoms with E-state index in [9.17, 15) is 38.4 Å². The monoisotopic (exact) mass is 997 g/mol. The highest BCUT2D eigenvalue weighted by Gasteiger charge is 2.41. The number of hydrogen-bond acceptors (Lipinski definition) is 10. The van der Waals surface area contributed by atoms with Crippen molar-refractivity contribution < 1.29 is 58.0 Å². The van der Waals surface area contributed by atoms with Gasteiger partial charge in [0.25, 0.3) is 0 Å². The van der Waals surface area contributed by atoms with Crippen molar-refractivity contribution in [2.75, 3.05) is 26.2 Å². The molecule has 4 amide bonds. The number of rotatable bonds is 26. The predicted octanol–water partition coefficient (Wildman–Crippen LogP) is 9.12. The second-order valence-corrected chi connectivity index (χ2v) is 19.2. The first kappa shape index (κ1) is 61.0. The van der Waals surface area contributed by atoms with E-state index < -0.39 is 59.0 Å². The van der Waals surface area contributed by atoms with Crippen molar-refractivity contribution in [3.63, 3.8) is 0 Å². The van der Waals surface area contributed by atoms with Crippen molar-refractivity contribution in [2.24, 2.45) is 10.8 Å². The molecule has 0 spiro atoms. The first-order valence-electron chi connectivity index (χ1n) is 24.3. The molecule has 2 atom stereocenters. The third-order valence-electron chi connectivity index (χ3n) is 11.8. The fourth-order valence-corrected chi connectivity index (χ4v) is 7.76. The molecule has 0 heterocycles. The molecule has 0 saturated carbocycles. The maximum Gasteiger partial charge on any atom is 0.314 e. The van der Waals surface area contributed by atoms with Gasteiger partial charge < -0.3 is 41.0 Å². The summed E-state index contributed by atoms with van der Waals surface area (Å²) in [6, 6.07) is -1.03. The Labute approximate surface area is 425 Å². The Morgan fingerprint density at radius 1 is 0.514 bits per heavy atom. The van der Waals surface area contributed by atoms with Crippen molar-refractivity contribution in [1.82, 2.24) is 21.3 Å². The van der Waals surface area contributed by atoms with Gasteiger partial charge in [-0.2, -0.15) is 0 Å². The van der Waals surface area contributed by atoms with Gasteiger partial charge in [0.2, 0.25) is 0 Å². The Morgan fingerprint density at radius 2 is 0.833 bits per heavy atom. The molecule has 0 aliphatic heterocycles. The average molecular weight is 997 g/mol. The fraction of sp³-hybridized carbons (Fsp3) is 0.464. The van der Waals surface area contributed by atoms with Crippen LogP contribution in [0.5, 0.6) is 0 Å². The third kappa shape index (κ3) is 23.2. The maximum atomic E-state index is 13.3. The van der Waals surface area contributed by atoms with Crippen molar-refractivity contribution >= 4 is 47.5 Å². The predicted molar refractivity (Wildman–Crippen MR) is 278 cm³/mol. The Kier molecular flexibility index (Phi) is 25.9. The van der Waals surface area contributed by atoms with Gasteiger partial charge in [0.05, 0.1) is 12.8 Å². The summed E-state index contributed by atoms with van der Waals surface area (Å²) in [6.07, 6.45) is 26.6. The molecule has 0 radical (unpaired) electrons. The lowest BCUT2D eigenvalue weighted by Crippen LogP contribution is -2.40. The van der Waals surface area contributed by atoms with E-state index >= 15 is 0 Å². The van der Waals surface area contributed by atoms with Gasteiger partial charge in [-0.3, -0.25) is 28.8 Å². The summed E-state index contributed by atoms with van der Waals surface area (Å²) in [5.74, 6) is -3.60. The maximum absolute atomic E-state index is 13.3. The van der Waals surface area contributed by atoms with Crippen LogP contribution < -0.4 is 21.3 Å². The van der Waals surface area contributed by atoms with Crippen LogP contribution in [0.25, 0.3) is 0 Å². The topological polar surface area (TPSA) is 244 Å². The second-order valence-electron chi connectivity index (χ2n) is 19.2. The molecule has 72 heavy (non-hydrogen) atoms. The molecular weight excluding hydrogens is 921 g/mol. The zero-order valence-electron chi connectivity index (χ0n) is 43.7. The minimum atomic E-state index is -0.947. The quantitative estimate of drug-likeness (QED) is 0.0270. The van der Waals surface area contributed by atoms with Gasteiger partial charge in [0.15, 0.2) is 23.8 Å². The van der Waals surface area contributed by atoms with Crippen LogP contribution in [0.15, 0.2) is 130 Å². The molecule has 0 aromatic heterocycles. The number of allylic oxidation sites excluding steroid dienone is 20. The molecule has 392 valence electrons. The number of esters is 2. The molecule has 16 heteroatoms. The Morgan fingerprint density at radius 3 is 1.18 bits per heavy atom. The highest BCUT2D eigenvalue weighted by atomic mass is 16.6. The van der Waals surface area contributed by atoms with Crippen molar-refractivity contribution in [3.05, 3.63) is 130 Å². The summed E-state index contributed by atoms with van der Waals surface area (Å²) in [6.45, 7) is 19.9. The normalized spacial score (nSPS) is 19.0. The zero-order chi connectivity index (χ0) is 54.0. The van der Waals surface area contributed by atoms with Gasteiger partial charge in [-0.25, -0.2) is 9.59 Å². The SMILES string of the molecule is CC1=C(/C=C/C(C)=C/C=C/C(C)=C/C=C/C=C(C)/C=C/C=C(C)/C=C/C2=C(C)C(=O)C(OC(=O)CCNC(=O)NCCCC(=O)O)CC2(C)C)C(C)(C)CC(OC(=O)CCNC(=O)NCCCC(=O)O)C1=O. The van der Waals surface area contributed by atoms with Gasteiger partial charge >= 0.3 is 35.9 Å². The van der Waals surface area contributed by atoms with Crippen molar-refractivity contribution in [3.8, 4) is 0 Å². The molecule has 0 aromatic carbocycles. The molecule has 0 fully saturated rings. The first-order chi connectivity index (χ1) is 33.8. The molecule has 0 bridgehead atoms. The summed E-state index contributed by atoms with van der Waals surface area (Å²) in [5, 5.41) is 27.5. The number of carbonyl (C=O) groups is 8. The number of hydrogen-bond donors (Lipinski definition) is 6. The molecule has 2 unspecified atom stereocenters. The average Bonchev–Trinajstić information content (AvgIpc) is 3.28. The zero-order valence-corrected chi connectivity index (χ0v) is 43.7. The standard InChI is InChI=1S/C56H76N4O12/c1-37(19-13-21-39(3)25-27-43-41(5)51(67)45(35-55(43,7)8)71-49(65)29-33-59-53(69)57-31-15-23-47(61)62)17-11-12-18-38(2)20-14-22-40(4)26-28-44-42(6)52(68)46(36-56(44,9)10)72-50(66)30-34-60-54(70)58-32-16-24-48(63)64/h11-14,17-22,25-28,45-46H,15-16,23-24,29-36H2,1-10H3,(H,61,62)(H,63,64)(H2,57,59,69)(H2,58,60,70)/b12-11+,19-13+,20-14+,27-25+,28-26+,37-17+,38-18+,39-21+,40-22+. The molecule has 2 aliphatic carbocycles. The molecule has 0 saturated heterocycles. The molecule has 2 aliphatic rings. The summed E-state index contributed by atoms with van der Waals surface area (Å²) in [5.41, 5.74) is 5.94. The number of aliphatic carboxylic acids is 2. The Bertz CT molecular complexity index is 2200. The minimum absolute atomic E-state index is 0.00897. The molecule has 16 nitrogen and oxygen atoms in total. The van der Waals surface area contributed by atoms with E-state index in [4.69, 9.17) is 19.7 Å². The second kappa shape index (κ2) is 30.6. The van der Waals surface area contributed by atoms with Gasteiger partial charge in [-0.1, -0.05) is 135 Å². The lowest BCUT2D eigenvalue weighted by atomic mass is 9.71. The third-order valence-corrected chi connectivity index (χ3v) is 11.8. The first-order valence-corrected chi connectivity index (χ1v) is 24.3. The van der Waals surface area contributed by atoms with E-state index in [2.05, 4.69) is 21.3 Å². The van der Waals surface area contributed by atoms with Crippen LogP contribution in [0.2, 0.25) is 0 Å². The highest BCUT2D eigenvalue weighted by molar-refractivity contribution is 6.02. The van der Waals surface area contributed by atoms with Gasteiger partial charge in [0, 0.05) is 51.9 Å². The summed E-state index contributed by atoms with van der Waals surface area (Å²) >= 11 is 0. The number of urea groups is 2. The van der Waals surface area contributed by atoms with Gasteiger partial charge in [0.1, 0.15) is 0 Å². The molecule has 6 N–H and O–H groups in total. The number of carboxylic acids is 2. The largest absolute Gasteiger partial charge is 0.481 e. The highest BCUT2D eigenvalue weighted by Crippen LogP contribution is 2.42. The van der Waals surface area contributed by atoms with Crippen LogP contribution in [-0.2, 0) is 38.2 Å². The smallest absolute Gasteiger partial charge is 0.314 e. The summed E-state index contributed by atoms with van der Waals surface area (Å²) in [4.78, 5) is 96.5. The van der Waals surface area contributed by atoms with Crippen molar-refractivity contribution in [2.45, 2.75) is 133 Å². The van der Waals surface area contributed by atoms with E-state index in [0.717, 1.165) is 33.4 Å². The van der Waals surface area contributed by atoms with E-state index in [1.807, 2.05) is 140 Å². The Balaban J connectivity index is 1.89. The number of carboxylic acid groups (broad SMARTS) is 2. The summed E-state index contributed by atoms with van der Waals surface area (Å²) in [7, 11) is 0. The van der Waals surface area contributed by atoms with E-state index in [0.29, 0.717) is 24.0 Å². The van der Waals surface area contributed by atoms with Crippen LogP contribution >= 0.6 is 0 Å².